The lowest BCUT2D eigenvalue weighted by atomic mass is 9.89. The predicted octanol–water partition coefficient (Wildman–Crippen LogP) is 3.31. The molecule has 0 aromatic heterocycles. The van der Waals surface area contributed by atoms with Gasteiger partial charge < -0.3 is 14.8 Å². The van der Waals surface area contributed by atoms with E-state index in [1.165, 1.54) is 19.3 Å². The third-order valence-corrected chi connectivity index (χ3v) is 4.52. The maximum atomic E-state index is 12.1. The van der Waals surface area contributed by atoms with Crippen LogP contribution in [0.5, 0.6) is 5.75 Å². The molecule has 1 N–H and O–H groups in total. The van der Waals surface area contributed by atoms with Crippen LogP contribution >= 0.6 is 0 Å². The molecule has 1 saturated carbocycles. The lowest BCUT2D eigenvalue weighted by Gasteiger charge is -2.22. The summed E-state index contributed by atoms with van der Waals surface area (Å²) in [5.41, 5.74) is 2.14. The Balaban J connectivity index is 1.70. The highest BCUT2D eigenvalue weighted by Gasteiger charge is 2.20. The number of rotatable bonds is 7. The van der Waals surface area contributed by atoms with Crippen LogP contribution in [0.4, 0.5) is 0 Å². The topological polar surface area (TPSA) is 64.6 Å². The molecule has 2 rings (SSSR count). The average Bonchev–Trinajstić information content (AvgIpc) is 2.58. The standard InChI is InChI=1S/C20H29NO4/c1-14-9-15(2)11-18(10-14)24-13-19(22)25-16(3)20(23)21-12-17-7-5-4-6-8-17/h9-11,16-17H,4-8,12-13H2,1-3H3,(H,21,23)/t16-/m1/s1. The van der Waals surface area contributed by atoms with Crippen molar-refractivity contribution in [2.45, 2.75) is 59.0 Å². The Kier molecular flexibility index (Phi) is 7.29. The highest BCUT2D eigenvalue weighted by molar-refractivity contribution is 5.83. The molecule has 1 aliphatic rings. The summed E-state index contributed by atoms with van der Waals surface area (Å²) < 4.78 is 10.6. The summed E-state index contributed by atoms with van der Waals surface area (Å²) in [6.07, 6.45) is 5.29. The molecule has 0 spiro atoms. The van der Waals surface area contributed by atoms with Crippen molar-refractivity contribution < 1.29 is 19.1 Å². The number of aryl methyl sites for hydroxylation is 2. The van der Waals surface area contributed by atoms with E-state index in [9.17, 15) is 9.59 Å². The van der Waals surface area contributed by atoms with E-state index < -0.39 is 12.1 Å². The monoisotopic (exact) mass is 347 g/mol. The number of carbonyl (C=O) groups is 2. The predicted molar refractivity (Wildman–Crippen MR) is 96.5 cm³/mol. The summed E-state index contributed by atoms with van der Waals surface area (Å²) in [6.45, 7) is 5.99. The maximum Gasteiger partial charge on any atom is 0.344 e. The molecule has 1 aromatic rings. The minimum Gasteiger partial charge on any atom is -0.482 e. The lowest BCUT2D eigenvalue weighted by molar-refractivity contribution is -0.156. The van der Waals surface area contributed by atoms with Crippen molar-refractivity contribution in [1.29, 1.82) is 0 Å². The molecule has 1 fully saturated rings. The van der Waals surface area contributed by atoms with E-state index >= 15 is 0 Å². The molecule has 1 atom stereocenters. The van der Waals surface area contributed by atoms with Crippen LogP contribution in [0.2, 0.25) is 0 Å². The van der Waals surface area contributed by atoms with Crippen molar-refractivity contribution in [3.63, 3.8) is 0 Å². The first-order chi connectivity index (χ1) is 11.9. The van der Waals surface area contributed by atoms with E-state index in [2.05, 4.69) is 5.32 Å². The molecule has 5 nitrogen and oxygen atoms in total. The van der Waals surface area contributed by atoms with Crippen molar-refractivity contribution >= 4 is 11.9 Å². The Labute approximate surface area is 150 Å². The second kappa shape index (κ2) is 9.44. The minimum atomic E-state index is -0.807. The van der Waals surface area contributed by atoms with Gasteiger partial charge in [-0.15, -0.1) is 0 Å². The Morgan fingerprint density at radius 2 is 1.76 bits per heavy atom. The molecule has 0 bridgehead atoms. The van der Waals surface area contributed by atoms with Crippen LogP contribution in [0.25, 0.3) is 0 Å². The molecule has 138 valence electrons. The Bertz CT molecular complexity index is 573. The van der Waals surface area contributed by atoms with Crippen LogP contribution < -0.4 is 10.1 Å². The van der Waals surface area contributed by atoms with E-state index in [4.69, 9.17) is 9.47 Å². The largest absolute Gasteiger partial charge is 0.482 e. The van der Waals surface area contributed by atoms with Gasteiger partial charge in [0.05, 0.1) is 0 Å². The fourth-order valence-electron chi connectivity index (χ4n) is 3.22. The fourth-order valence-corrected chi connectivity index (χ4v) is 3.22. The molecular formula is C20H29NO4. The van der Waals surface area contributed by atoms with Gasteiger partial charge in [0.1, 0.15) is 5.75 Å². The van der Waals surface area contributed by atoms with Gasteiger partial charge in [-0.25, -0.2) is 4.79 Å². The number of benzene rings is 1. The number of ether oxygens (including phenoxy) is 2. The van der Waals surface area contributed by atoms with E-state index in [1.807, 2.05) is 32.0 Å². The van der Waals surface area contributed by atoms with Crippen LogP contribution in [0.1, 0.15) is 50.2 Å². The second-order valence-corrected chi connectivity index (χ2v) is 6.99. The van der Waals surface area contributed by atoms with Crippen LogP contribution in [0, 0.1) is 19.8 Å². The van der Waals surface area contributed by atoms with Gasteiger partial charge in [-0.2, -0.15) is 0 Å². The van der Waals surface area contributed by atoms with E-state index in [-0.39, 0.29) is 12.5 Å². The Morgan fingerprint density at radius 3 is 2.40 bits per heavy atom. The SMILES string of the molecule is Cc1cc(C)cc(OCC(=O)O[C@H](C)C(=O)NCC2CCCCC2)c1. The molecule has 0 unspecified atom stereocenters. The van der Waals surface area contributed by atoms with Gasteiger partial charge in [0.25, 0.3) is 5.91 Å². The lowest BCUT2D eigenvalue weighted by Crippen LogP contribution is -2.39. The van der Waals surface area contributed by atoms with Gasteiger partial charge in [0, 0.05) is 6.54 Å². The van der Waals surface area contributed by atoms with Crippen molar-refractivity contribution in [3.8, 4) is 5.75 Å². The highest BCUT2D eigenvalue weighted by Crippen LogP contribution is 2.22. The zero-order valence-electron chi connectivity index (χ0n) is 15.5. The fraction of sp³-hybridized carbons (Fsp3) is 0.600. The van der Waals surface area contributed by atoms with Gasteiger partial charge in [-0.05, 0) is 62.8 Å². The first-order valence-electron chi connectivity index (χ1n) is 9.12. The summed E-state index contributed by atoms with van der Waals surface area (Å²) in [5, 5.41) is 2.89. The van der Waals surface area contributed by atoms with E-state index in [0.717, 1.165) is 24.0 Å². The molecule has 1 aliphatic carbocycles. The van der Waals surface area contributed by atoms with Crippen LogP contribution in [-0.2, 0) is 14.3 Å². The van der Waals surface area contributed by atoms with Gasteiger partial charge >= 0.3 is 5.97 Å². The second-order valence-electron chi connectivity index (χ2n) is 6.99. The van der Waals surface area contributed by atoms with E-state index in [1.54, 1.807) is 6.92 Å². The van der Waals surface area contributed by atoms with Crippen molar-refractivity contribution in [1.82, 2.24) is 5.32 Å². The third-order valence-electron chi connectivity index (χ3n) is 4.52. The van der Waals surface area contributed by atoms with E-state index in [0.29, 0.717) is 18.2 Å². The average molecular weight is 347 g/mol. The molecule has 0 radical (unpaired) electrons. The third kappa shape index (κ3) is 6.77. The summed E-state index contributed by atoms with van der Waals surface area (Å²) in [7, 11) is 0. The molecule has 1 amide bonds. The van der Waals surface area contributed by atoms with Gasteiger partial charge in [-0.1, -0.05) is 25.3 Å². The van der Waals surface area contributed by atoms with Gasteiger partial charge in [-0.3, -0.25) is 4.79 Å². The highest BCUT2D eigenvalue weighted by atomic mass is 16.6. The molecule has 0 heterocycles. The summed E-state index contributed by atoms with van der Waals surface area (Å²) in [5.74, 6) is 0.391. The first kappa shape index (κ1) is 19.3. The summed E-state index contributed by atoms with van der Waals surface area (Å²) in [6, 6.07) is 5.76. The zero-order chi connectivity index (χ0) is 18.2. The summed E-state index contributed by atoms with van der Waals surface area (Å²) >= 11 is 0. The molecule has 1 aromatic carbocycles. The van der Waals surface area contributed by atoms with Crippen LogP contribution in [0.15, 0.2) is 18.2 Å². The number of amides is 1. The van der Waals surface area contributed by atoms with Crippen molar-refractivity contribution in [3.05, 3.63) is 29.3 Å². The minimum absolute atomic E-state index is 0.205. The first-order valence-corrected chi connectivity index (χ1v) is 9.12. The Hall–Kier alpha value is -2.04. The smallest absolute Gasteiger partial charge is 0.344 e. The Morgan fingerprint density at radius 1 is 1.12 bits per heavy atom. The molecule has 0 saturated heterocycles. The quantitative estimate of drug-likeness (QED) is 0.769. The van der Waals surface area contributed by atoms with Gasteiger partial charge in [0.15, 0.2) is 12.7 Å². The number of hydrogen-bond acceptors (Lipinski definition) is 4. The van der Waals surface area contributed by atoms with Crippen LogP contribution in [-0.4, -0.2) is 31.1 Å². The number of esters is 1. The number of nitrogens with one attached hydrogen (secondary N) is 1. The van der Waals surface area contributed by atoms with Crippen molar-refractivity contribution in [2.75, 3.05) is 13.2 Å². The summed E-state index contributed by atoms with van der Waals surface area (Å²) in [4.78, 5) is 23.9. The molecular weight excluding hydrogens is 318 g/mol. The molecule has 25 heavy (non-hydrogen) atoms. The molecule has 0 aliphatic heterocycles. The normalized spacial score (nSPS) is 16.1. The zero-order valence-corrected chi connectivity index (χ0v) is 15.5. The number of hydrogen-bond donors (Lipinski definition) is 1. The molecule has 5 heteroatoms. The van der Waals surface area contributed by atoms with Crippen molar-refractivity contribution in [2.24, 2.45) is 5.92 Å². The van der Waals surface area contributed by atoms with Gasteiger partial charge in [0.2, 0.25) is 0 Å². The van der Waals surface area contributed by atoms with Crippen LogP contribution in [0.3, 0.4) is 0 Å². The number of carbonyl (C=O) groups excluding carboxylic acids is 2. The maximum absolute atomic E-state index is 12.1.